The molecule has 0 amide bonds. The minimum atomic E-state index is -0.908. The maximum atomic E-state index is 11.2. The second-order valence-electron chi connectivity index (χ2n) is 6.07. The highest BCUT2D eigenvalue weighted by Gasteiger charge is 2.49. The van der Waals surface area contributed by atoms with Crippen molar-refractivity contribution in [3.8, 4) is 0 Å². The summed E-state index contributed by atoms with van der Waals surface area (Å²) in [6.07, 6.45) is 6.16. The van der Waals surface area contributed by atoms with E-state index < -0.39 is 11.5 Å². The van der Waals surface area contributed by atoms with Crippen molar-refractivity contribution in [1.82, 2.24) is 0 Å². The van der Waals surface area contributed by atoms with Crippen LogP contribution >= 0.6 is 0 Å². The maximum Gasteiger partial charge on any atom is 0.331 e. The fraction of sp³-hybridized carbons (Fsp3) is 0.667. The number of carboxylic acid groups (broad SMARTS) is 1. The van der Waals surface area contributed by atoms with Crippen molar-refractivity contribution < 1.29 is 9.90 Å². The standard InChI is InChI=1S/C15H23NO2/c1-9-4-6-12-10(2)5-7-13(11(3)14(17)18)15(12,16)8-9/h8,10,12-13H,3-7,16H2,1-2H3,(H,17,18)/t10-,12+,13+,15-/m1/s1. The molecule has 0 heterocycles. The predicted octanol–water partition coefficient (Wildman–Crippen LogP) is 2.73. The number of rotatable bonds is 2. The summed E-state index contributed by atoms with van der Waals surface area (Å²) in [4.78, 5) is 11.2. The first-order valence-corrected chi connectivity index (χ1v) is 6.75. The van der Waals surface area contributed by atoms with Crippen LogP contribution in [0.25, 0.3) is 0 Å². The van der Waals surface area contributed by atoms with E-state index in [0.29, 0.717) is 11.8 Å². The summed E-state index contributed by atoms with van der Waals surface area (Å²) < 4.78 is 0. The van der Waals surface area contributed by atoms with Crippen LogP contribution in [0.5, 0.6) is 0 Å². The zero-order valence-electron chi connectivity index (χ0n) is 11.3. The Bertz CT molecular complexity index is 413. The number of carboxylic acids is 1. The number of carbonyl (C=O) groups is 1. The summed E-state index contributed by atoms with van der Waals surface area (Å²) in [5.74, 6) is -0.0746. The molecule has 3 N–H and O–H groups in total. The van der Waals surface area contributed by atoms with E-state index in [1.807, 2.05) is 0 Å². The quantitative estimate of drug-likeness (QED) is 0.584. The van der Waals surface area contributed by atoms with Gasteiger partial charge in [0.05, 0.1) is 0 Å². The van der Waals surface area contributed by atoms with Gasteiger partial charge >= 0.3 is 5.97 Å². The van der Waals surface area contributed by atoms with Gasteiger partial charge in [0.2, 0.25) is 0 Å². The number of hydrogen-bond donors (Lipinski definition) is 2. The first-order chi connectivity index (χ1) is 8.36. The summed E-state index contributed by atoms with van der Waals surface area (Å²) in [5, 5.41) is 9.19. The SMILES string of the molecule is C=C(C(=O)O)[C@@H]1CC[C@@H](C)[C@@H]2CCC(C)=C[C@]12N. The number of fused-ring (bicyclic) bond motifs is 1. The summed E-state index contributed by atoms with van der Waals surface area (Å²) in [7, 11) is 0. The maximum absolute atomic E-state index is 11.2. The summed E-state index contributed by atoms with van der Waals surface area (Å²) >= 11 is 0. The molecule has 0 spiro atoms. The normalized spacial score (nSPS) is 39.7. The molecule has 2 rings (SSSR count). The lowest BCUT2D eigenvalue weighted by molar-refractivity contribution is -0.133. The van der Waals surface area contributed by atoms with Crippen LogP contribution in [-0.2, 0) is 4.79 Å². The zero-order valence-corrected chi connectivity index (χ0v) is 11.3. The van der Waals surface area contributed by atoms with Gasteiger partial charge < -0.3 is 10.8 Å². The van der Waals surface area contributed by atoms with E-state index in [9.17, 15) is 9.90 Å². The van der Waals surface area contributed by atoms with Crippen molar-refractivity contribution >= 4 is 5.97 Å². The second-order valence-corrected chi connectivity index (χ2v) is 6.07. The van der Waals surface area contributed by atoms with Crippen molar-refractivity contribution in [3.63, 3.8) is 0 Å². The largest absolute Gasteiger partial charge is 0.478 e. The number of aliphatic carboxylic acids is 1. The van der Waals surface area contributed by atoms with E-state index >= 15 is 0 Å². The molecule has 2 aliphatic rings. The van der Waals surface area contributed by atoms with Gasteiger partial charge in [-0.2, -0.15) is 0 Å². The van der Waals surface area contributed by atoms with Crippen LogP contribution < -0.4 is 5.73 Å². The molecule has 3 heteroatoms. The number of allylic oxidation sites excluding steroid dienone is 1. The van der Waals surface area contributed by atoms with Crippen LogP contribution in [-0.4, -0.2) is 16.6 Å². The molecule has 0 aromatic heterocycles. The molecule has 0 aliphatic heterocycles. The van der Waals surface area contributed by atoms with E-state index in [-0.39, 0.29) is 11.5 Å². The molecular formula is C15H23NO2. The molecule has 3 nitrogen and oxygen atoms in total. The van der Waals surface area contributed by atoms with Crippen molar-refractivity contribution in [2.75, 3.05) is 0 Å². The van der Waals surface area contributed by atoms with Gasteiger partial charge in [0, 0.05) is 17.0 Å². The molecule has 0 aromatic carbocycles. The molecule has 1 fully saturated rings. The molecular weight excluding hydrogens is 226 g/mol. The van der Waals surface area contributed by atoms with Gasteiger partial charge in [-0.15, -0.1) is 0 Å². The Labute approximate surface area is 109 Å². The average Bonchev–Trinajstić information content (AvgIpc) is 2.27. The van der Waals surface area contributed by atoms with Crippen LogP contribution in [0.15, 0.2) is 23.8 Å². The highest BCUT2D eigenvalue weighted by molar-refractivity contribution is 5.86. The van der Waals surface area contributed by atoms with Gasteiger partial charge in [-0.3, -0.25) is 0 Å². The fourth-order valence-electron chi connectivity index (χ4n) is 3.88. The Hall–Kier alpha value is -1.09. The second kappa shape index (κ2) is 4.54. The van der Waals surface area contributed by atoms with E-state index in [1.165, 1.54) is 5.57 Å². The summed E-state index contributed by atoms with van der Waals surface area (Å²) in [6, 6.07) is 0. The fourth-order valence-corrected chi connectivity index (χ4v) is 3.88. The van der Waals surface area contributed by atoms with Crippen molar-refractivity contribution in [3.05, 3.63) is 23.8 Å². The van der Waals surface area contributed by atoms with E-state index in [0.717, 1.165) is 25.7 Å². The smallest absolute Gasteiger partial charge is 0.331 e. The third-order valence-corrected chi connectivity index (χ3v) is 4.88. The lowest BCUT2D eigenvalue weighted by Crippen LogP contribution is -2.58. The Morgan fingerprint density at radius 2 is 2.17 bits per heavy atom. The van der Waals surface area contributed by atoms with Crippen molar-refractivity contribution in [1.29, 1.82) is 0 Å². The van der Waals surface area contributed by atoms with Gasteiger partial charge in [-0.1, -0.05) is 25.2 Å². The van der Waals surface area contributed by atoms with Crippen LogP contribution in [0, 0.1) is 17.8 Å². The summed E-state index contributed by atoms with van der Waals surface area (Å²) in [5.41, 5.74) is 7.68. The zero-order chi connectivity index (χ0) is 13.5. The minimum absolute atomic E-state index is 0.119. The van der Waals surface area contributed by atoms with Crippen LogP contribution in [0.1, 0.15) is 39.5 Å². The Morgan fingerprint density at radius 1 is 1.50 bits per heavy atom. The molecule has 100 valence electrons. The van der Waals surface area contributed by atoms with Crippen molar-refractivity contribution in [2.24, 2.45) is 23.5 Å². The number of hydrogen-bond acceptors (Lipinski definition) is 2. The van der Waals surface area contributed by atoms with Gasteiger partial charge in [0.25, 0.3) is 0 Å². The molecule has 0 saturated heterocycles. The highest BCUT2D eigenvalue weighted by atomic mass is 16.4. The Morgan fingerprint density at radius 3 is 2.78 bits per heavy atom. The highest BCUT2D eigenvalue weighted by Crippen LogP contribution is 2.49. The van der Waals surface area contributed by atoms with E-state index in [1.54, 1.807) is 0 Å². The van der Waals surface area contributed by atoms with E-state index in [4.69, 9.17) is 5.73 Å². The first-order valence-electron chi connectivity index (χ1n) is 6.75. The molecule has 4 atom stereocenters. The molecule has 0 bridgehead atoms. The monoisotopic (exact) mass is 249 g/mol. The van der Waals surface area contributed by atoms with E-state index in [2.05, 4.69) is 26.5 Å². The van der Waals surface area contributed by atoms with Gasteiger partial charge in [-0.25, -0.2) is 4.79 Å². The van der Waals surface area contributed by atoms with Crippen LogP contribution in [0.2, 0.25) is 0 Å². The third-order valence-electron chi connectivity index (χ3n) is 4.88. The molecule has 0 radical (unpaired) electrons. The van der Waals surface area contributed by atoms with Gasteiger partial charge in [-0.05, 0) is 44.4 Å². The van der Waals surface area contributed by atoms with Gasteiger partial charge in [0.15, 0.2) is 0 Å². The molecule has 0 aromatic rings. The lowest BCUT2D eigenvalue weighted by Gasteiger charge is -2.51. The minimum Gasteiger partial charge on any atom is -0.478 e. The Kier molecular flexibility index (Phi) is 3.37. The molecule has 18 heavy (non-hydrogen) atoms. The third kappa shape index (κ3) is 2.01. The number of nitrogens with two attached hydrogens (primary N) is 1. The molecule has 1 saturated carbocycles. The average molecular weight is 249 g/mol. The molecule has 0 unspecified atom stereocenters. The summed E-state index contributed by atoms with van der Waals surface area (Å²) in [6.45, 7) is 8.08. The predicted molar refractivity (Wildman–Crippen MR) is 72.1 cm³/mol. The topological polar surface area (TPSA) is 63.3 Å². The van der Waals surface area contributed by atoms with Crippen LogP contribution in [0.4, 0.5) is 0 Å². The van der Waals surface area contributed by atoms with Crippen LogP contribution in [0.3, 0.4) is 0 Å². The van der Waals surface area contributed by atoms with Gasteiger partial charge in [0.1, 0.15) is 0 Å². The Balaban J connectivity index is 2.40. The first kappa shape index (κ1) is 13.3. The van der Waals surface area contributed by atoms with Crippen molar-refractivity contribution in [2.45, 2.75) is 45.1 Å². The lowest BCUT2D eigenvalue weighted by atomic mass is 9.57. The molecule has 2 aliphatic carbocycles.